The van der Waals surface area contributed by atoms with Gasteiger partial charge in [-0.15, -0.1) is 0 Å². The maximum Gasteiger partial charge on any atom is 0.417 e. The molecule has 67 heavy (non-hydrogen) atoms. The maximum atomic E-state index is 17.9. The van der Waals surface area contributed by atoms with Crippen molar-refractivity contribution in [3.05, 3.63) is 88.5 Å². The molecule has 1 aliphatic carbocycles. The number of halogens is 5. The lowest BCUT2D eigenvalue weighted by Crippen LogP contribution is -2.65. The van der Waals surface area contributed by atoms with Gasteiger partial charge in [-0.05, 0) is 114 Å². The number of carbonyl (C=O) groups excluding carboxylic acids is 1. The summed E-state index contributed by atoms with van der Waals surface area (Å²) in [6, 6.07) is 13.2. The normalized spacial score (nSPS) is 22.3. The largest absolute Gasteiger partial charge is 0.497 e. The highest BCUT2D eigenvalue weighted by Crippen LogP contribution is 2.49. The van der Waals surface area contributed by atoms with Gasteiger partial charge in [0.05, 0.1) is 49.7 Å². The number of hydrogen-bond donors (Lipinski definition) is 1. The Labute approximate surface area is 384 Å². The Morgan fingerprint density at radius 2 is 1.54 bits per heavy atom. The Hall–Kier alpha value is -6.17. The maximum absolute atomic E-state index is 17.9. The van der Waals surface area contributed by atoms with Crippen molar-refractivity contribution in [2.75, 3.05) is 30.6 Å². The van der Waals surface area contributed by atoms with Crippen LogP contribution in [0.15, 0.2) is 54.6 Å². The number of aliphatic hydroxyl groups excluding tert-OH is 1. The van der Waals surface area contributed by atoms with E-state index >= 15 is 22.0 Å². The summed E-state index contributed by atoms with van der Waals surface area (Å²) < 4.78 is 111. The lowest BCUT2D eigenvalue weighted by molar-refractivity contribution is -0.137. The van der Waals surface area contributed by atoms with E-state index in [-0.39, 0.29) is 54.5 Å². The summed E-state index contributed by atoms with van der Waals surface area (Å²) in [6.07, 6.45) is -5.28. The lowest BCUT2D eigenvalue weighted by Gasteiger charge is -2.48. The molecule has 2 bridgehead atoms. The standard InChI is InChI=1S/C49H53F5N6O7/c1-25-38(49(52,53)54)32(21-34(39(25)50)58(22-27-11-16-30(63-6)17-12-27)23-28-13-18-31(64-7)19-14-28)41-40(51)42-37-44(57-46(56-42)66-36-10-8-9-35(36)61)59-24-29-15-20-33(43(59)26(2)65-45(37)55-41)60(29)47(62)67-48(3,4)5/h11-14,16-19,21,26,29,33,35-36,43,61H,8-10,15,20,22-24H2,1-7H3/t26-,29+,33-,35-,36-,43+/m0/s1. The Morgan fingerprint density at radius 1 is 0.896 bits per heavy atom. The SMILES string of the molecule is COc1ccc(CN(Cc2ccc(OC)cc2)c2cc(-c3nc4c5c(nc(O[C@H]6CCC[C@@H]6O)nc5c3F)N3C[C@H]5CC[C@@H]([C@H]3[C@H](C)O4)N5C(=O)OC(C)(C)C)c(C(F)(F)F)c(C)c2F)cc1. The minimum Gasteiger partial charge on any atom is -0.497 e. The van der Waals surface area contributed by atoms with Crippen LogP contribution in [0, 0.1) is 18.6 Å². The van der Waals surface area contributed by atoms with Gasteiger partial charge in [-0.1, -0.05) is 24.3 Å². The number of anilines is 2. The first-order valence-electron chi connectivity index (χ1n) is 22.5. The van der Waals surface area contributed by atoms with Crippen molar-refractivity contribution in [2.45, 2.75) is 128 Å². The summed E-state index contributed by atoms with van der Waals surface area (Å²) in [6.45, 7) is 8.40. The monoisotopic (exact) mass is 932 g/mol. The number of rotatable bonds is 10. The van der Waals surface area contributed by atoms with E-state index in [9.17, 15) is 9.90 Å². The van der Waals surface area contributed by atoms with Crippen LogP contribution in [-0.4, -0.2) is 93.9 Å². The second-order valence-electron chi connectivity index (χ2n) is 18.7. The van der Waals surface area contributed by atoms with Gasteiger partial charge in [0.25, 0.3) is 0 Å². The number of carbonyl (C=O) groups is 1. The van der Waals surface area contributed by atoms with Crippen molar-refractivity contribution in [1.82, 2.24) is 19.9 Å². The summed E-state index contributed by atoms with van der Waals surface area (Å²) in [5.41, 5.74) is -3.81. The molecule has 5 aromatic rings. The molecular weight excluding hydrogens is 880 g/mol. The summed E-state index contributed by atoms with van der Waals surface area (Å²) in [7, 11) is 3.04. The molecule has 4 aliphatic rings. The molecule has 3 aliphatic heterocycles. The second-order valence-corrected chi connectivity index (χ2v) is 18.7. The van der Waals surface area contributed by atoms with Crippen LogP contribution in [0.3, 0.4) is 0 Å². The van der Waals surface area contributed by atoms with Gasteiger partial charge in [0.2, 0.25) is 5.88 Å². The Kier molecular flexibility index (Phi) is 12.0. The molecule has 1 amide bonds. The van der Waals surface area contributed by atoms with Gasteiger partial charge < -0.3 is 38.6 Å². The molecule has 9 rings (SSSR count). The average Bonchev–Trinajstić information content (AvgIpc) is 3.79. The number of fused-ring (bicyclic) bond motifs is 5. The van der Waals surface area contributed by atoms with E-state index in [2.05, 4.69) is 9.97 Å². The molecule has 0 unspecified atom stereocenters. The van der Waals surface area contributed by atoms with Crippen molar-refractivity contribution < 1.29 is 55.5 Å². The molecule has 1 N–H and O–H groups in total. The van der Waals surface area contributed by atoms with Gasteiger partial charge in [0.15, 0.2) is 5.82 Å². The zero-order valence-corrected chi connectivity index (χ0v) is 38.3. The van der Waals surface area contributed by atoms with Crippen LogP contribution in [0.25, 0.3) is 22.2 Å². The van der Waals surface area contributed by atoms with E-state index in [4.69, 9.17) is 28.7 Å². The number of benzene rings is 3. The molecule has 0 spiro atoms. The smallest absolute Gasteiger partial charge is 0.417 e. The first kappa shape index (κ1) is 46.0. The molecule has 2 saturated heterocycles. The summed E-state index contributed by atoms with van der Waals surface area (Å²) >= 11 is 0. The van der Waals surface area contributed by atoms with Crippen LogP contribution >= 0.6 is 0 Å². The lowest BCUT2D eigenvalue weighted by atomic mass is 9.95. The summed E-state index contributed by atoms with van der Waals surface area (Å²) in [5, 5.41) is 10.8. The van der Waals surface area contributed by atoms with Crippen LogP contribution in [0.2, 0.25) is 0 Å². The third-order valence-electron chi connectivity index (χ3n) is 13.2. The van der Waals surface area contributed by atoms with Crippen molar-refractivity contribution >= 4 is 28.5 Å². The Morgan fingerprint density at radius 3 is 2.10 bits per heavy atom. The number of amides is 1. The van der Waals surface area contributed by atoms with E-state index in [1.807, 2.05) is 4.90 Å². The highest BCUT2D eigenvalue weighted by Gasteiger charge is 2.54. The number of alkyl halides is 3. The quantitative estimate of drug-likeness (QED) is 0.134. The zero-order chi connectivity index (χ0) is 47.7. The molecule has 356 valence electrons. The highest BCUT2D eigenvalue weighted by atomic mass is 19.4. The number of methoxy groups -OCH3 is 2. The van der Waals surface area contributed by atoms with E-state index < -0.39 is 87.8 Å². The van der Waals surface area contributed by atoms with Crippen LogP contribution in [0.1, 0.15) is 82.1 Å². The minimum absolute atomic E-state index is 0.00621. The van der Waals surface area contributed by atoms with Gasteiger partial charge in [0, 0.05) is 25.2 Å². The number of ether oxygens (including phenoxy) is 5. The highest BCUT2D eigenvalue weighted by molar-refractivity contribution is 5.98. The van der Waals surface area contributed by atoms with Crippen molar-refractivity contribution in [2.24, 2.45) is 0 Å². The van der Waals surface area contributed by atoms with Crippen molar-refractivity contribution in [3.63, 3.8) is 0 Å². The number of aromatic nitrogens is 3. The predicted molar refractivity (Wildman–Crippen MR) is 239 cm³/mol. The Bertz CT molecular complexity index is 2630. The predicted octanol–water partition coefficient (Wildman–Crippen LogP) is 9.55. The molecule has 3 aromatic carbocycles. The summed E-state index contributed by atoms with van der Waals surface area (Å²) in [4.78, 5) is 32.8. The number of aliphatic hydroxyl groups is 1. The van der Waals surface area contributed by atoms with Crippen LogP contribution in [0.5, 0.6) is 23.4 Å². The zero-order valence-electron chi connectivity index (χ0n) is 38.3. The van der Waals surface area contributed by atoms with Crippen LogP contribution in [0.4, 0.5) is 38.3 Å². The van der Waals surface area contributed by atoms with Gasteiger partial charge in [-0.25, -0.2) is 18.6 Å². The molecule has 1 saturated carbocycles. The molecule has 18 heteroatoms. The fourth-order valence-electron chi connectivity index (χ4n) is 10.1. The number of nitrogens with zero attached hydrogens (tertiary/aromatic N) is 6. The topological polar surface area (TPSA) is 132 Å². The molecule has 13 nitrogen and oxygen atoms in total. The third-order valence-corrected chi connectivity index (χ3v) is 13.2. The molecular formula is C49H53F5N6O7. The van der Waals surface area contributed by atoms with Gasteiger partial charge >= 0.3 is 18.3 Å². The molecule has 3 fully saturated rings. The number of piperazine rings is 1. The first-order chi connectivity index (χ1) is 31.8. The van der Waals surface area contributed by atoms with Gasteiger partial charge in [-0.3, -0.25) is 4.90 Å². The van der Waals surface area contributed by atoms with Gasteiger partial charge in [-0.2, -0.15) is 23.1 Å². The number of hydrogen-bond acceptors (Lipinski definition) is 12. The molecule has 2 aromatic heterocycles. The van der Waals surface area contributed by atoms with Crippen molar-refractivity contribution in [1.29, 1.82) is 0 Å². The second kappa shape index (κ2) is 17.5. The van der Waals surface area contributed by atoms with Crippen LogP contribution in [-0.2, 0) is 24.0 Å². The first-order valence-corrected chi connectivity index (χ1v) is 22.5. The molecule has 6 atom stereocenters. The van der Waals surface area contributed by atoms with Crippen LogP contribution < -0.4 is 28.7 Å². The van der Waals surface area contributed by atoms with E-state index in [0.717, 1.165) is 13.0 Å². The number of pyridine rings is 1. The fourth-order valence-corrected chi connectivity index (χ4v) is 10.1. The third kappa shape index (κ3) is 8.68. The van der Waals surface area contributed by atoms with E-state index in [0.29, 0.717) is 54.7 Å². The molecule has 0 radical (unpaired) electrons. The Balaban J connectivity index is 1.23. The average molecular weight is 933 g/mol. The van der Waals surface area contributed by atoms with E-state index in [1.165, 1.54) is 14.2 Å². The molecule has 5 heterocycles. The summed E-state index contributed by atoms with van der Waals surface area (Å²) in [5.74, 6) is -1.35. The fraction of sp³-hybridized carbons (Fsp3) is 0.469. The van der Waals surface area contributed by atoms with Crippen molar-refractivity contribution in [3.8, 4) is 34.6 Å². The van der Waals surface area contributed by atoms with E-state index in [1.54, 1.807) is 86.0 Å². The minimum atomic E-state index is -5.18. The van der Waals surface area contributed by atoms with Gasteiger partial charge in [0.1, 0.15) is 57.5 Å².